The van der Waals surface area contributed by atoms with Gasteiger partial charge in [-0.15, -0.1) is 10.2 Å². The number of rotatable bonds is 4. The van der Waals surface area contributed by atoms with Crippen LogP contribution in [0.1, 0.15) is 21.6 Å². The molecule has 0 unspecified atom stereocenters. The number of aromatic nitrogens is 4. The molecule has 0 spiro atoms. The SMILES string of the molecule is Cc1ccc(-c2nnco2)cc1NC(=O)c1cnn(-c2cccc(Cl)c2)c1C. The fraction of sp³-hybridized carbons (Fsp3) is 0.100. The lowest BCUT2D eigenvalue weighted by molar-refractivity contribution is 0.102. The van der Waals surface area contributed by atoms with Gasteiger partial charge in [0.25, 0.3) is 5.91 Å². The van der Waals surface area contributed by atoms with E-state index in [0.717, 1.165) is 16.8 Å². The van der Waals surface area contributed by atoms with E-state index in [9.17, 15) is 4.79 Å². The number of halogens is 1. The Balaban J connectivity index is 1.62. The molecule has 0 aliphatic carbocycles. The number of anilines is 1. The van der Waals surface area contributed by atoms with Gasteiger partial charge in [0.1, 0.15) is 0 Å². The zero-order valence-electron chi connectivity index (χ0n) is 15.2. The van der Waals surface area contributed by atoms with Crippen molar-refractivity contribution < 1.29 is 9.21 Å². The summed E-state index contributed by atoms with van der Waals surface area (Å²) >= 11 is 6.06. The van der Waals surface area contributed by atoms with Crippen LogP contribution >= 0.6 is 11.6 Å². The largest absolute Gasteiger partial charge is 0.423 e. The van der Waals surface area contributed by atoms with Gasteiger partial charge in [0.15, 0.2) is 0 Å². The maximum Gasteiger partial charge on any atom is 0.259 e. The van der Waals surface area contributed by atoms with Gasteiger partial charge in [-0.2, -0.15) is 5.10 Å². The fourth-order valence-electron chi connectivity index (χ4n) is 2.88. The van der Waals surface area contributed by atoms with Crippen LogP contribution in [-0.4, -0.2) is 25.9 Å². The second kappa shape index (κ2) is 7.28. The molecule has 0 atom stereocenters. The Morgan fingerprint density at radius 1 is 1.18 bits per heavy atom. The van der Waals surface area contributed by atoms with Gasteiger partial charge in [0.2, 0.25) is 12.3 Å². The Morgan fingerprint density at radius 2 is 2.04 bits per heavy atom. The van der Waals surface area contributed by atoms with Crippen LogP contribution in [0, 0.1) is 13.8 Å². The molecule has 1 N–H and O–H groups in total. The number of benzene rings is 2. The first-order valence-corrected chi connectivity index (χ1v) is 8.90. The van der Waals surface area contributed by atoms with Crippen molar-refractivity contribution in [2.45, 2.75) is 13.8 Å². The third-order valence-electron chi connectivity index (χ3n) is 4.40. The molecule has 7 nitrogen and oxygen atoms in total. The summed E-state index contributed by atoms with van der Waals surface area (Å²) in [6.45, 7) is 3.75. The lowest BCUT2D eigenvalue weighted by Crippen LogP contribution is -2.14. The molecule has 0 radical (unpaired) electrons. The maximum atomic E-state index is 12.9. The Morgan fingerprint density at radius 3 is 2.79 bits per heavy atom. The molecule has 4 aromatic rings. The third kappa shape index (κ3) is 3.39. The quantitative estimate of drug-likeness (QED) is 0.553. The van der Waals surface area contributed by atoms with E-state index < -0.39 is 0 Å². The highest BCUT2D eigenvalue weighted by molar-refractivity contribution is 6.30. The first-order valence-electron chi connectivity index (χ1n) is 8.52. The van der Waals surface area contributed by atoms with Crippen molar-refractivity contribution >= 4 is 23.2 Å². The molecule has 0 fully saturated rings. The van der Waals surface area contributed by atoms with Crippen molar-refractivity contribution in [1.29, 1.82) is 0 Å². The van der Waals surface area contributed by atoms with E-state index in [1.807, 2.05) is 38.1 Å². The predicted molar refractivity (Wildman–Crippen MR) is 106 cm³/mol. The molecule has 2 aromatic carbocycles. The molecule has 28 heavy (non-hydrogen) atoms. The van der Waals surface area contributed by atoms with Crippen LogP contribution < -0.4 is 5.32 Å². The van der Waals surface area contributed by atoms with Gasteiger partial charge in [0.05, 0.1) is 23.1 Å². The van der Waals surface area contributed by atoms with Crippen molar-refractivity contribution in [3.8, 4) is 17.1 Å². The number of amides is 1. The summed E-state index contributed by atoms with van der Waals surface area (Å²) in [5.74, 6) is 0.136. The van der Waals surface area contributed by atoms with Crippen molar-refractivity contribution in [2.24, 2.45) is 0 Å². The lowest BCUT2D eigenvalue weighted by Gasteiger charge is -2.10. The zero-order valence-corrected chi connectivity index (χ0v) is 15.9. The van der Waals surface area contributed by atoms with Gasteiger partial charge in [-0.1, -0.05) is 23.7 Å². The van der Waals surface area contributed by atoms with Crippen LogP contribution in [0.2, 0.25) is 5.02 Å². The number of hydrogen-bond donors (Lipinski definition) is 1. The number of nitrogens with zero attached hydrogens (tertiary/aromatic N) is 4. The number of carbonyl (C=O) groups excluding carboxylic acids is 1. The zero-order chi connectivity index (χ0) is 19.7. The molecule has 0 saturated carbocycles. The van der Waals surface area contributed by atoms with Gasteiger partial charge in [0, 0.05) is 16.3 Å². The standard InChI is InChI=1S/C20H16ClN5O2/c1-12-6-7-14(20-25-22-11-28-20)8-18(12)24-19(27)17-10-23-26(13(17)2)16-5-3-4-15(21)9-16/h3-11H,1-2H3,(H,24,27). The van der Waals surface area contributed by atoms with Crippen molar-refractivity contribution in [1.82, 2.24) is 20.0 Å². The molecule has 0 aliphatic heterocycles. The summed E-state index contributed by atoms with van der Waals surface area (Å²) in [5.41, 5.74) is 4.28. The van der Waals surface area contributed by atoms with E-state index in [0.29, 0.717) is 27.9 Å². The first-order chi connectivity index (χ1) is 13.5. The van der Waals surface area contributed by atoms with Crippen molar-refractivity contribution in [2.75, 3.05) is 5.32 Å². The monoisotopic (exact) mass is 393 g/mol. The summed E-state index contributed by atoms with van der Waals surface area (Å²) in [4.78, 5) is 12.9. The van der Waals surface area contributed by atoms with Gasteiger partial charge in [-0.3, -0.25) is 4.79 Å². The van der Waals surface area contributed by atoms with Crippen LogP contribution in [0.5, 0.6) is 0 Å². The Kier molecular flexibility index (Phi) is 4.67. The van der Waals surface area contributed by atoms with Crippen LogP contribution in [0.15, 0.2) is 59.5 Å². The normalized spacial score (nSPS) is 10.8. The fourth-order valence-corrected chi connectivity index (χ4v) is 3.06. The number of nitrogens with one attached hydrogen (secondary N) is 1. The Hall–Kier alpha value is -3.45. The summed E-state index contributed by atoms with van der Waals surface area (Å²) in [6, 6.07) is 12.9. The van der Waals surface area contributed by atoms with E-state index in [2.05, 4.69) is 20.6 Å². The van der Waals surface area contributed by atoms with Crippen LogP contribution in [0.3, 0.4) is 0 Å². The van der Waals surface area contributed by atoms with Gasteiger partial charge in [-0.05, 0) is 49.7 Å². The average molecular weight is 394 g/mol. The topological polar surface area (TPSA) is 85.8 Å². The number of hydrogen-bond acceptors (Lipinski definition) is 5. The molecule has 2 heterocycles. The average Bonchev–Trinajstić information content (AvgIpc) is 3.33. The maximum absolute atomic E-state index is 12.9. The number of carbonyl (C=O) groups is 1. The van der Waals surface area contributed by atoms with E-state index in [1.165, 1.54) is 6.39 Å². The van der Waals surface area contributed by atoms with Crippen molar-refractivity contribution in [3.05, 3.63) is 76.9 Å². The van der Waals surface area contributed by atoms with Crippen LogP contribution in [0.4, 0.5) is 5.69 Å². The first kappa shape index (κ1) is 17.9. The third-order valence-corrected chi connectivity index (χ3v) is 4.64. The molecule has 0 aliphatic rings. The molecule has 140 valence electrons. The molecular formula is C20H16ClN5O2. The minimum absolute atomic E-state index is 0.253. The molecule has 1 amide bonds. The van der Waals surface area contributed by atoms with E-state index in [-0.39, 0.29) is 5.91 Å². The molecule has 0 bridgehead atoms. The summed E-state index contributed by atoms with van der Waals surface area (Å²) in [6.07, 6.45) is 2.81. The van der Waals surface area contributed by atoms with E-state index in [4.69, 9.17) is 16.0 Å². The highest BCUT2D eigenvalue weighted by Crippen LogP contribution is 2.25. The van der Waals surface area contributed by atoms with E-state index >= 15 is 0 Å². The van der Waals surface area contributed by atoms with Crippen molar-refractivity contribution in [3.63, 3.8) is 0 Å². The van der Waals surface area contributed by atoms with Gasteiger partial charge >= 0.3 is 0 Å². The minimum Gasteiger partial charge on any atom is -0.423 e. The summed E-state index contributed by atoms with van der Waals surface area (Å²) in [7, 11) is 0. The minimum atomic E-state index is -0.253. The summed E-state index contributed by atoms with van der Waals surface area (Å²) in [5, 5.41) is 15.5. The van der Waals surface area contributed by atoms with Gasteiger partial charge < -0.3 is 9.73 Å². The second-order valence-corrected chi connectivity index (χ2v) is 6.70. The molecule has 4 rings (SSSR count). The van der Waals surface area contributed by atoms with E-state index in [1.54, 1.807) is 29.1 Å². The highest BCUT2D eigenvalue weighted by atomic mass is 35.5. The second-order valence-electron chi connectivity index (χ2n) is 6.26. The smallest absolute Gasteiger partial charge is 0.259 e. The highest BCUT2D eigenvalue weighted by Gasteiger charge is 2.17. The van der Waals surface area contributed by atoms with Crippen LogP contribution in [0.25, 0.3) is 17.1 Å². The number of aryl methyl sites for hydroxylation is 1. The molecular weight excluding hydrogens is 378 g/mol. The molecule has 2 aromatic heterocycles. The van der Waals surface area contributed by atoms with Gasteiger partial charge in [-0.25, -0.2) is 4.68 Å². The predicted octanol–water partition coefficient (Wildman–Crippen LogP) is 4.44. The summed E-state index contributed by atoms with van der Waals surface area (Å²) < 4.78 is 6.91. The van der Waals surface area contributed by atoms with Crippen LogP contribution in [-0.2, 0) is 0 Å². The molecule has 0 saturated heterocycles. The lowest BCUT2D eigenvalue weighted by atomic mass is 10.1. The molecule has 8 heteroatoms. The Bertz CT molecular complexity index is 1150. The Labute approximate surface area is 166 Å².